The van der Waals surface area contributed by atoms with Gasteiger partial charge in [-0.1, -0.05) is 17.7 Å². The molecule has 1 amide bonds. The summed E-state index contributed by atoms with van der Waals surface area (Å²) >= 11 is 0. The third-order valence-corrected chi connectivity index (χ3v) is 6.93. The standard InChI is InChI=1S/C18H27N3O3S/c1-12-4-8-17(9-5-12)25(23,24)20-13(2)18(22)21(3)16-10-14-6-7-15(11-16)19-14/h4-5,8-9,13-16,19-20H,6-7,10-11H2,1-3H3. The quantitative estimate of drug-likeness (QED) is 0.827. The molecule has 0 radical (unpaired) electrons. The lowest BCUT2D eigenvalue weighted by Crippen LogP contribution is -2.53. The van der Waals surface area contributed by atoms with Crippen LogP contribution in [0.15, 0.2) is 29.2 Å². The molecule has 2 fully saturated rings. The van der Waals surface area contributed by atoms with Gasteiger partial charge < -0.3 is 10.2 Å². The number of likely N-dealkylation sites (N-methyl/N-ethyl adjacent to an activating group) is 1. The molecule has 25 heavy (non-hydrogen) atoms. The van der Waals surface area contributed by atoms with E-state index in [2.05, 4.69) is 10.0 Å². The number of hydrogen-bond acceptors (Lipinski definition) is 4. The van der Waals surface area contributed by atoms with Gasteiger partial charge in [-0.05, 0) is 51.7 Å². The van der Waals surface area contributed by atoms with Crippen LogP contribution in [0.2, 0.25) is 0 Å². The highest BCUT2D eigenvalue weighted by Crippen LogP contribution is 2.29. The molecule has 0 aliphatic carbocycles. The van der Waals surface area contributed by atoms with Gasteiger partial charge in [-0.25, -0.2) is 8.42 Å². The van der Waals surface area contributed by atoms with E-state index in [-0.39, 0.29) is 16.8 Å². The monoisotopic (exact) mass is 365 g/mol. The Bertz CT molecular complexity index is 720. The number of aryl methyl sites for hydroxylation is 1. The molecule has 0 spiro atoms. The van der Waals surface area contributed by atoms with Crippen LogP contribution in [0.4, 0.5) is 0 Å². The minimum atomic E-state index is -3.70. The first-order valence-electron chi connectivity index (χ1n) is 8.88. The highest BCUT2D eigenvalue weighted by Gasteiger charge is 2.37. The van der Waals surface area contributed by atoms with Crippen LogP contribution in [0.25, 0.3) is 0 Å². The fourth-order valence-corrected chi connectivity index (χ4v) is 5.09. The van der Waals surface area contributed by atoms with Crippen LogP contribution in [0.1, 0.15) is 38.2 Å². The molecule has 2 bridgehead atoms. The Hall–Kier alpha value is -1.44. The Balaban J connectivity index is 1.64. The Morgan fingerprint density at radius 2 is 1.76 bits per heavy atom. The molecular weight excluding hydrogens is 338 g/mol. The Morgan fingerprint density at radius 3 is 2.32 bits per heavy atom. The molecule has 138 valence electrons. The van der Waals surface area contributed by atoms with Gasteiger partial charge in [0, 0.05) is 25.2 Å². The SMILES string of the molecule is Cc1ccc(S(=O)(=O)NC(C)C(=O)N(C)C2CC3CCC(C2)N3)cc1. The largest absolute Gasteiger partial charge is 0.341 e. The van der Waals surface area contributed by atoms with Crippen LogP contribution >= 0.6 is 0 Å². The first-order chi connectivity index (χ1) is 11.8. The maximum Gasteiger partial charge on any atom is 0.241 e. The number of carbonyl (C=O) groups is 1. The van der Waals surface area contributed by atoms with Crippen molar-refractivity contribution in [3.63, 3.8) is 0 Å². The molecule has 1 aromatic carbocycles. The van der Waals surface area contributed by atoms with Crippen molar-refractivity contribution < 1.29 is 13.2 Å². The second kappa shape index (κ2) is 7.05. The van der Waals surface area contributed by atoms with Crippen molar-refractivity contribution in [2.75, 3.05) is 7.05 Å². The van der Waals surface area contributed by atoms with Crippen LogP contribution in [-0.4, -0.2) is 50.4 Å². The topological polar surface area (TPSA) is 78.5 Å². The number of sulfonamides is 1. The van der Waals surface area contributed by atoms with Gasteiger partial charge in [-0.2, -0.15) is 4.72 Å². The van der Waals surface area contributed by atoms with Gasteiger partial charge in [0.05, 0.1) is 10.9 Å². The van der Waals surface area contributed by atoms with Crippen molar-refractivity contribution in [2.45, 2.75) is 68.6 Å². The molecule has 3 unspecified atom stereocenters. The zero-order valence-electron chi connectivity index (χ0n) is 15.0. The molecule has 0 aromatic heterocycles. The zero-order valence-corrected chi connectivity index (χ0v) is 15.8. The van der Waals surface area contributed by atoms with Gasteiger partial charge in [0.2, 0.25) is 15.9 Å². The van der Waals surface area contributed by atoms with Crippen LogP contribution in [0.3, 0.4) is 0 Å². The summed E-state index contributed by atoms with van der Waals surface area (Å²) in [4.78, 5) is 14.6. The van der Waals surface area contributed by atoms with E-state index in [1.807, 2.05) is 6.92 Å². The molecule has 0 saturated carbocycles. The van der Waals surface area contributed by atoms with E-state index >= 15 is 0 Å². The number of piperidine rings is 1. The van der Waals surface area contributed by atoms with E-state index in [4.69, 9.17) is 0 Å². The fourth-order valence-electron chi connectivity index (χ4n) is 3.90. The molecule has 2 aliphatic heterocycles. The van der Waals surface area contributed by atoms with Crippen molar-refractivity contribution in [3.05, 3.63) is 29.8 Å². The molecule has 3 atom stereocenters. The second-order valence-corrected chi connectivity index (χ2v) is 9.08. The molecule has 2 aliphatic rings. The summed E-state index contributed by atoms with van der Waals surface area (Å²) in [5.74, 6) is -0.179. The molecule has 1 aromatic rings. The van der Waals surface area contributed by atoms with Gasteiger partial charge in [-0.15, -0.1) is 0 Å². The summed E-state index contributed by atoms with van der Waals surface area (Å²) in [6.45, 7) is 3.51. The summed E-state index contributed by atoms with van der Waals surface area (Å²) in [5, 5.41) is 3.56. The van der Waals surface area contributed by atoms with E-state index in [1.54, 1.807) is 43.1 Å². The number of nitrogens with zero attached hydrogens (tertiary/aromatic N) is 1. The van der Waals surface area contributed by atoms with Gasteiger partial charge >= 0.3 is 0 Å². The summed E-state index contributed by atoms with van der Waals surface area (Å²) in [6, 6.07) is 6.97. The third-order valence-electron chi connectivity index (χ3n) is 5.38. The minimum Gasteiger partial charge on any atom is -0.341 e. The molecule has 6 nitrogen and oxygen atoms in total. The predicted molar refractivity (Wildman–Crippen MR) is 96.7 cm³/mol. The number of benzene rings is 1. The van der Waals surface area contributed by atoms with E-state index in [1.165, 1.54) is 12.8 Å². The van der Waals surface area contributed by atoms with E-state index < -0.39 is 16.1 Å². The van der Waals surface area contributed by atoms with Crippen molar-refractivity contribution in [2.24, 2.45) is 0 Å². The maximum atomic E-state index is 12.7. The molecule has 3 rings (SSSR count). The maximum absolute atomic E-state index is 12.7. The zero-order chi connectivity index (χ0) is 18.2. The summed E-state index contributed by atoms with van der Waals surface area (Å²) < 4.78 is 27.5. The van der Waals surface area contributed by atoms with Crippen LogP contribution in [0.5, 0.6) is 0 Å². The number of hydrogen-bond donors (Lipinski definition) is 2. The second-order valence-electron chi connectivity index (χ2n) is 7.37. The van der Waals surface area contributed by atoms with E-state index in [0.717, 1.165) is 18.4 Å². The third kappa shape index (κ3) is 4.04. The lowest BCUT2D eigenvalue weighted by molar-refractivity contribution is -0.134. The molecule has 2 N–H and O–H groups in total. The molecular formula is C18H27N3O3S. The predicted octanol–water partition coefficient (Wildman–Crippen LogP) is 1.40. The van der Waals surface area contributed by atoms with Gasteiger partial charge in [0.15, 0.2) is 0 Å². The summed E-state index contributed by atoms with van der Waals surface area (Å²) in [5.41, 5.74) is 0.989. The lowest BCUT2D eigenvalue weighted by Gasteiger charge is -2.36. The van der Waals surface area contributed by atoms with Crippen LogP contribution in [0, 0.1) is 6.92 Å². The number of nitrogens with one attached hydrogen (secondary N) is 2. The number of carbonyl (C=O) groups excluding carboxylic acids is 1. The first kappa shape index (κ1) is 18.4. The summed E-state index contributed by atoms with van der Waals surface area (Å²) in [6.07, 6.45) is 4.21. The average Bonchev–Trinajstić information content (AvgIpc) is 2.91. The molecule has 2 saturated heterocycles. The highest BCUT2D eigenvalue weighted by atomic mass is 32.2. The minimum absolute atomic E-state index is 0.178. The van der Waals surface area contributed by atoms with Gasteiger partial charge in [0.25, 0.3) is 0 Å². The average molecular weight is 365 g/mol. The van der Waals surface area contributed by atoms with Crippen molar-refractivity contribution >= 4 is 15.9 Å². The highest BCUT2D eigenvalue weighted by molar-refractivity contribution is 7.89. The summed E-state index contributed by atoms with van der Waals surface area (Å²) in [7, 11) is -1.92. The van der Waals surface area contributed by atoms with Crippen LogP contribution in [-0.2, 0) is 14.8 Å². The lowest BCUT2D eigenvalue weighted by atomic mass is 9.98. The number of rotatable bonds is 5. The fraction of sp³-hybridized carbons (Fsp3) is 0.611. The first-order valence-corrected chi connectivity index (χ1v) is 10.4. The number of amides is 1. The van der Waals surface area contributed by atoms with Crippen LogP contribution < -0.4 is 10.0 Å². The number of fused-ring (bicyclic) bond motifs is 2. The van der Waals surface area contributed by atoms with E-state index in [0.29, 0.717) is 12.1 Å². The van der Waals surface area contributed by atoms with Gasteiger partial charge in [-0.3, -0.25) is 4.79 Å². The Kier molecular flexibility index (Phi) is 5.18. The Labute approximate surface area is 150 Å². The normalized spacial score (nSPS) is 27.1. The van der Waals surface area contributed by atoms with Crippen molar-refractivity contribution in [3.8, 4) is 0 Å². The Morgan fingerprint density at radius 1 is 1.20 bits per heavy atom. The van der Waals surface area contributed by atoms with Crippen molar-refractivity contribution in [1.29, 1.82) is 0 Å². The van der Waals surface area contributed by atoms with Crippen molar-refractivity contribution in [1.82, 2.24) is 14.9 Å². The smallest absolute Gasteiger partial charge is 0.241 e. The molecule has 7 heteroatoms. The van der Waals surface area contributed by atoms with Gasteiger partial charge in [0.1, 0.15) is 0 Å². The van der Waals surface area contributed by atoms with E-state index in [9.17, 15) is 13.2 Å². The molecule has 2 heterocycles.